The van der Waals surface area contributed by atoms with Crippen molar-refractivity contribution in [1.29, 1.82) is 0 Å². The first-order chi connectivity index (χ1) is 6.99. The second-order valence-electron chi connectivity index (χ2n) is 3.69. The molecule has 15 heavy (non-hydrogen) atoms. The van der Waals surface area contributed by atoms with Crippen molar-refractivity contribution < 1.29 is 13.6 Å². The molecular weight excluding hydrogens is 200 g/mol. The Morgan fingerprint density at radius 3 is 2.60 bits per heavy atom. The lowest BCUT2D eigenvalue weighted by atomic mass is 10.1. The molecule has 0 radical (unpaired) electrons. The van der Waals surface area contributed by atoms with Crippen molar-refractivity contribution >= 4 is 5.78 Å². The smallest absolute Gasteiger partial charge is 0.151 e. The first-order valence-electron chi connectivity index (χ1n) is 4.59. The molecule has 0 bridgehead atoms. The van der Waals surface area contributed by atoms with Gasteiger partial charge >= 0.3 is 0 Å². The standard InChI is InChI=1S/C11H13F2NO/c1-14(2)7-10(15)6-8-5-9(12)3-4-11(8)13/h3-5H,6-7H2,1-2H3. The van der Waals surface area contributed by atoms with Crippen LogP contribution >= 0.6 is 0 Å². The zero-order valence-corrected chi connectivity index (χ0v) is 8.76. The first-order valence-corrected chi connectivity index (χ1v) is 4.59. The first kappa shape index (κ1) is 11.8. The van der Waals surface area contributed by atoms with Crippen LogP contribution in [0.2, 0.25) is 0 Å². The molecule has 0 saturated carbocycles. The van der Waals surface area contributed by atoms with E-state index in [0.29, 0.717) is 0 Å². The van der Waals surface area contributed by atoms with Crippen LogP contribution in [0.4, 0.5) is 8.78 Å². The van der Waals surface area contributed by atoms with E-state index in [-0.39, 0.29) is 24.3 Å². The van der Waals surface area contributed by atoms with Crippen LogP contribution in [0.25, 0.3) is 0 Å². The van der Waals surface area contributed by atoms with Crippen LogP contribution in [0.3, 0.4) is 0 Å². The Hall–Kier alpha value is -1.29. The van der Waals surface area contributed by atoms with E-state index in [0.717, 1.165) is 18.2 Å². The largest absolute Gasteiger partial charge is 0.302 e. The number of hydrogen-bond donors (Lipinski definition) is 0. The average molecular weight is 213 g/mol. The SMILES string of the molecule is CN(C)CC(=O)Cc1cc(F)ccc1F. The predicted molar refractivity (Wildman–Crippen MR) is 53.6 cm³/mol. The zero-order chi connectivity index (χ0) is 11.4. The van der Waals surface area contributed by atoms with Gasteiger partial charge in [0, 0.05) is 6.42 Å². The van der Waals surface area contributed by atoms with Crippen molar-refractivity contribution in [2.45, 2.75) is 6.42 Å². The second kappa shape index (κ2) is 4.98. The molecule has 82 valence electrons. The number of Topliss-reactive ketones (excluding diaryl/α,β-unsaturated/α-hetero) is 1. The fourth-order valence-electron chi connectivity index (χ4n) is 1.30. The van der Waals surface area contributed by atoms with E-state index in [1.165, 1.54) is 0 Å². The number of rotatable bonds is 4. The van der Waals surface area contributed by atoms with E-state index in [2.05, 4.69) is 0 Å². The molecule has 0 heterocycles. The molecule has 0 aromatic heterocycles. The number of likely N-dealkylation sites (N-methyl/N-ethyl adjacent to an activating group) is 1. The lowest BCUT2D eigenvalue weighted by molar-refractivity contribution is -0.119. The molecule has 1 aromatic rings. The van der Waals surface area contributed by atoms with Gasteiger partial charge in [-0.25, -0.2) is 8.78 Å². The molecule has 1 rings (SSSR count). The number of hydrogen-bond acceptors (Lipinski definition) is 2. The summed E-state index contributed by atoms with van der Waals surface area (Å²) in [6.07, 6.45) is -0.0677. The summed E-state index contributed by atoms with van der Waals surface area (Å²) in [5, 5.41) is 0. The van der Waals surface area contributed by atoms with Gasteiger partial charge < -0.3 is 4.90 Å². The van der Waals surface area contributed by atoms with Crippen LogP contribution in [0.1, 0.15) is 5.56 Å². The molecule has 1 aromatic carbocycles. The fourth-order valence-corrected chi connectivity index (χ4v) is 1.30. The second-order valence-corrected chi connectivity index (χ2v) is 3.69. The van der Waals surface area contributed by atoms with Gasteiger partial charge in [-0.15, -0.1) is 0 Å². The third-order valence-corrected chi connectivity index (χ3v) is 1.89. The quantitative estimate of drug-likeness (QED) is 0.757. The van der Waals surface area contributed by atoms with Crippen molar-refractivity contribution in [1.82, 2.24) is 4.90 Å². The number of carbonyl (C=O) groups excluding carboxylic acids is 1. The van der Waals surface area contributed by atoms with Gasteiger partial charge in [0.25, 0.3) is 0 Å². The molecule has 0 amide bonds. The van der Waals surface area contributed by atoms with Crippen molar-refractivity contribution in [3.8, 4) is 0 Å². The summed E-state index contributed by atoms with van der Waals surface area (Å²) in [5.74, 6) is -1.20. The number of carbonyl (C=O) groups is 1. The molecule has 0 fully saturated rings. The van der Waals surface area contributed by atoms with Crippen LogP contribution in [0.5, 0.6) is 0 Å². The van der Waals surface area contributed by atoms with Crippen molar-refractivity contribution in [2.75, 3.05) is 20.6 Å². The molecule has 0 N–H and O–H groups in total. The topological polar surface area (TPSA) is 20.3 Å². The minimum absolute atomic E-state index is 0.0677. The summed E-state index contributed by atoms with van der Waals surface area (Å²) in [6, 6.07) is 3.13. The molecule has 0 atom stereocenters. The third kappa shape index (κ3) is 3.75. The number of benzene rings is 1. The van der Waals surface area contributed by atoms with Crippen molar-refractivity contribution in [2.24, 2.45) is 0 Å². The minimum atomic E-state index is -0.538. The number of nitrogens with zero attached hydrogens (tertiary/aromatic N) is 1. The molecule has 0 saturated heterocycles. The van der Waals surface area contributed by atoms with E-state index in [4.69, 9.17) is 0 Å². The van der Waals surface area contributed by atoms with E-state index in [9.17, 15) is 13.6 Å². The van der Waals surface area contributed by atoms with E-state index >= 15 is 0 Å². The number of ketones is 1. The zero-order valence-electron chi connectivity index (χ0n) is 8.76. The maximum absolute atomic E-state index is 13.1. The Labute approximate surface area is 87.5 Å². The molecule has 0 unspecified atom stereocenters. The summed E-state index contributed by atoms with van der Waals surface area (Å²) in [6.45, 7) is 0.232. The molecule has 0 spiro atoms. The van der Waals surface area contributed by atoms with Gasteiger partial charge in [0.05, 0.1) is 6.54 Å². The highest BCUT2D eigenvalue weighted by Crippen LogP contribution is 2.10. The molecule has 4 heteroatoms. The van der Waals surface area contributed by atoms with E-state index in [1.807, 2.05) is 0 Å². The summed E-state index contributed by atoms with van der Waals surface area (Å²) in [7, 11) is 3.50. The monoisotopic (exact) mass is 213 g/mol. The highest BCUT2D eigenvalue weighted by molar-refractivity contribution is 5.82. The summed E-state index contributed by atoms with van der Waals surface area (Å²) < 4.78 is 25.9. The van der Waals surface area contributed by atoms with Gasteiger partial charge in [0.2, 0.25) is 0 Å². The van der Waals surface area contributed by atoms with Gasteiger partial charge in [-0.05, 0) is 37.9 Å². The maximum Gasteiger partial charge on any atom is 0.151 e. The third-order valence-electron chi connectivity index (χ3n) is 1.89. The highest BCUT2D eigenvalue weighted by Gasteiger charge is 2.09. The van der Waals surface area contributed by atoms with Gasteiger partial charge in [-0.1, -0.05) is 0 Å². The Bertz CT molecular complexity index is 364. The average Bonchev–Trinajstić information content (AvgIpc) is 2.10. The molecule has 0 aliphatic rings. The molecule has 2 nitrogen and oxygen atoms in total. The van der Waals surface area contributed by atoms with Crippen LogP contribution in [0.15, 0.2) is 18.2 Å². The van der Waals surface area contributed by atoms with Crippen LogP contribution < -0.4 is 0 Å². The van der Waals surface area contributed by atoms with Gasteiger partial charge in [-0.3, -0.25) is 4.79 Å². The van der Waals surface area contributed by atoms with E-state index in [1.54, 1.807) is 19.0 Å². The normalized spacial score (nSPS) is 10.7. The van der Waals surface area contributed by atoms with Crippen LogP contribution in [-0.2, 0) is 11.2 Å². The van der Waals surface area contributed by atoms with Crippen LogP contribution in [0, 0.1) is 11.6 Å². The Kier molecular flexibility index (Phi) is 3.91. The molecular formula is C11H13F2NO. The Morgan fingerprint density at radius 1 is 1.33 bits per heavy atom. The Morgan fingerprint density at radius 2 is 2.00 bits per heavy atom. The lowest BCUT2D eigenvalue weighted by Gasteiger charge is -2.08. The summed E-state index contributed by atoms with van der Waals surface area (Å²) in [5.41, 5.74) is 0.113. The Balaban J connectivity index is 2.71. The van der Waals surface area contributed by atoms with Crippen LogP contribution in [-0.4, -0.2) is 31.3 Å². The van der Waals surface area contributed by atoms with Crippen molar-refractivity contribution in [3.63, 3.8) is 0 Å². The van der Waals surface area contributed by atoms with Crippen molar-refractivity contribution in [3.05, 3.63) is 35.4 Å². The van der Waals surface area contributed by atoms with Gasteiger partial charge in [0.15, 0.2) is 5.78 Å². The fraction of sp³-hybridized carbons (Fsp3) is 0.364. The van der Waals surface area contributed by atoms with Gasteiger partial charge in [0.1, 0.15) is 11.6 Å². The highest BCUT2D eigenvalue weighted by atomic mass is 19.1. The predicted octanol–water partition coefficient (Wildman–Crippen LogP) is 1.64. The molecule has 0 aliphatic carbocycles. The summed E-state index contributed by atoms with van der Waals surface area (Å²) in [4.78, 5) is 13.0. The van der Waals surface area contributed by atoms with E-state index < -0.39 is 11.6 Å². The number of halogens is 2. The maximum atomic E-state index is 13.1. The lowest BCUT2D eigenvalue weighted by Crippen LogP contribution is -2.23. The molecule has 0 aliphatic heterocycles. The minimum Gasteiger partial charge on any atom is -0.302 e. The van der Waals surface area contributed by atoms with Gasteiger partial charge in [-0.2, -0.15) is 0 Å². The summed E-state index contributed by atoms with van der Waals surface area (Å²) >= 11 is 0.